The summed E-state index contributed by atoms with van der Waals surface area (Å²) in [6.07, 6.45) is 4.82. The van der Waals surface area contributed by atoms with Crippen molar-refractivity contribution in [1.82, 2.24) is 19.8 Å². The fraction of sp³-hybridized carbons (Fsp3) is 0.320. The van der Waals surface area contributed by atoms with Crippen molar-refractivity contribution in [2.75, 3.05) is 25.0 Å². The Morgan fingerprint density at radius 3 is 2.61 bits per heavy atom. The summed E-state index contributed by atoms with van der Waals surface area (Å²) in [5.41, 5.74) is -0.399. The molecule has 2 amide bonds. The minimum Gasteiger partial charge on any atom is -0.619 e. The van der Waals surface area contributed by atoms with Crippen molar-refractivity contribution in [2.24, 2.45) is 0 Å². The Labute approximate surface area is 222 Å². The van der Waals surface area contributed by atoms with E-state index in [1.165, 1.54) is 24.7 Å². The molecule has 1 N–H and O–H groups in total. The van der Waals surface area contributed by atoms with E-state index in [1.54, 1.807) is 11.8 Å². The van der Waals surface area contributed by atoms with E-state index in [1.807, 2.05) is 18.7 Å². The summed E-state index contributed by atoms with van der Waals surface area (Å²) in [6, 6.07) is 3.71. The Kier molecular flexibility index (Phi) is 7.74. The highest BCUT2D eigenvalue weighted by atomic mass is 35.5. The molecule has 0 bridgehead atoms. The maximum absolute atomic E-state index is 13.8. The number of rotatable bonds is 6. The maximum Gasteiger partial charge on any atom is 0.256 e. The lowest BCUT2D eigenvalue weighted by atomic mass is 9.96. The number of piperazine rings is 1. The van der Waals surface area contributed by atoms with Crippen LogP contribution in [0.4, 0.5) is 14.6 Å². The van der Waals surface area contributed by atoms with Crippen molar-refractivity contribution >= 4 is 29.2 Å². The predicted molar refractivity (Wildman–Crippen MR) is 134 cm³/mol. The van der Waals surface area contributed by atoms with Gasteiger partial charge in [-0.3, -0.25) is 14.5 Å². The van der Waals surface area contributed by atoms with Gasteiger partial charge in [0.15, 0.2) is 29.8 Å². The number of nitrogens with zero attached hydrogens (tertiary/aromatic N) is 5. The van der Waals surface area contributed by atoms with Gasteiger partial charge >= 0.3 is 0 Å². The molecule has 0 aliphatic carbocycles. The molecule has 1 aliphatic rings. The smallest absolute Gasteiger partial charge is 0.256 e. The highest BCUT2D eigenvalue weighted by Gasteiger charge is 2.40. The van der Waals surface area contributed by atoms with E-state index in [-0.39, 0.29) is 39.8 Å². The SMILES string of the molecule is C[C@@H](C(=O)Nc1cnc(Oc2ccc(F)cc2F)cn1)N1CCN(C(=O)c2cc[n+]([O-])cc2Cl)C(C)(C)C1. The number of hydrogen-bond donors (Lipinski definition) is 1. The molecule has 13 heteroatoms. The lowest BCUT2D eigenvalue weighted by molar-refractivity contribution is -0.605. The van der Waals surface area contributed by atoms with Gasteiger partial charge in [0.1, 0.15) is 10.8 Å². The molecule has 1 fully saturated rings. The molecule has 1 aromatic carbocycles. The predicted octanol–water partition coefficient (Wildman–Crippen LogP) is 3.40. The first-order valence-electron chi connectivity index (χ1n) is 11.6. The van der Waals surface area contributed by atoms with Crippen LogP contribution in [0, 0.1) is 16.8 Å². The van der Waals surface area contributed by atoms with Crippen molar-refractivity contribution < 1.29 is 27.8 Å². The second-order valence-electron chi connectivity index (χ2n) is 9.39. The first-order valence-corrected chi connectivity index (χ1v) is 12.0. The number of hydrogen-bond acceptors (Lipinski definition) is 7. The Hall–Kier alpha value is -3.90. The van der Waals surface area contributed by atoms with Gasteiger partial charge in [-0.05, 0) is 32.9 Å². The number of benzene rings is 1. The van der Waals surface area contributed by atoms with Gasteiger partial charge in [0.2, 0.25) is 11.8 Å². The van der Waals surface area contributed by atoms with Gasteiger partial charge in [-0.1, -0.05) is 11.6 Å². The normalized spacial score (nSPS) is 16.1. The number of halogens is 3. The Bertz CT molecular complexity index is 1360. The quantitative estimate of drug-likeness (QED) is 0.372. The number of aromatic nitrogens is 3. The summed E-state index contributed by atoms with van der Waals surface area (Å²) in [6.45, 7) is 6.70. The van der Waals surface area contributed by atoms with Crippen LogP contribution in [0.1, 0.15) is 31.1 Å². The molecule has 0 spiro atoms. The molecule has 0 saturated carbocycles. The number of ether oxygens (including phenoxy) is 1. The van der Waals surface area contributed by atoms with Crippen molar-refractivity contribution in [2.45, 2.75) is 32.4 Å². The number of carbonyl (C=O) groups is 2. The second kappa shape index (κ2) is 10.8. The van der Waals surface area contributed by atoms with E-state index in [2.05, 4.69) is 15.3 Å². The molecule has 38 heavy (non-hydrogen) atoms. The van der Waals surface area contributed by atoms with Gasteiger partial charge in [-0.15, -0.1) is 0 Å². The van der Waals surface area contributed by atoms with Crippen LogP contribution < -0.4 is 14.8 Å². The van der Waals surface area contributed by atoms with Gasteiger partial charge in [0, 0.05) is 31.8 Å². The van der Waals surface area contributed by atoms with Crippen molar-refractivity contribution in [3.8, 4) is 11.6 Å². The zero-order valence-electron chi connectivity index (χ0n) is 20.8. The summed E-state index contributed by atoms with van der Waals surface area (Å²) < 4.78 is 32.6. The van der Waals surface area contributed by atoms with Crippen molar-refractivity contribution in [3.63, 3.8) is 0 Å². The maximum atomic E-state index is 13.8. The molecule has 0 unspecified atom stereocenters. The lowest BCUT2D eigenvalue weighted by Gasteiger charge is -2.48. The summed E-state index contributed by atoms with van der Waals surface area (Å²) in [7, 11) is 0. The largest absolute Gasteiger partial charge is 0.619 e. The summed E-state index contributed by atoms with van der Waals surface area (Å²) in [5.74, 6) is -2.33. The number of nitrogens with one attached hydrogen (secondary N) is 1. The van der Waals surface area contributed by atoms with E-state index in [4.69, 9.17) is 16.3 Å². The van der Waals surface area contributed by atoms with E-state index in [9.17, 15) is 23.6 Å². The third-order valence-corrected chi connectivity index (χ3v) is 6.51. The summed E-state index contributed by atoms with van der Waals surface area (Å²) in [4.78, 5) is 37.8. The van der Waals surface area contributed by atoms with Crippen LogP contribution in [0.25, 0.3) is 0 Å². The fourth-order valence-electron chi connectivity index (χ4n) is 4.17. The van der Waals surface area contributed by atoms with Crippen molar-refractivity contribution in [3.05, 3.63) is 76.5 Å². The number of carbonyl (C=O) groups excluding carboxylic acids is 2. The second-order valence-corrected chi connectivity index (χ2v) is 9.80. The molecular weight excluding hydrogens is 522 g/mol. The summed E-state index contributed by atoms with van der Waals surface area (Å²) >= 11 is 6.12. The molecule has 0 radical (unpaired) electrons. The molecule has 1 saturated heterocycles. The Balaban J connectivity index is 1.36. The molecule has 200 valence electrons. The summed E-state index contributed by atoms with van der Waals surface area (Å²) in [5, 5.41) is 14.2. The van der Waals surface area contributed by atoms with Gasteiger partial charge in [0.25, 0.3) is 5.91 Å². The molecule has 1 atom stereocenters. The molecular formula is C25H25ClF2N6O4. The first-order chi connectivity index (χ1) is 17.9. The van der Waals surface area contributed by atoms with E-state index < -0.39 is 23.2 Å². The third kappa shape index (κ3) is 5.97. The topological polar surface area (TPSA) is 115 Å². The molecule has 2 aromatic heterocycles. The molecule has 1 aliphatic heterocycles. The number of anilines is 1. The van der Waals surface area contributed by atoms with Gasteiger partial charge < -0.3 is 20.2 Å². The van der Waals surface area contributed by atoms with Gasteiger partial charge in [-0.25, -0.2) is 18.7 Å². The highest BCUT2D eigenvalue weighted by molar-refractivity contribution is 6.33. The van der Waals surface area contributed by atoms with Crippen molar-refractivity contribution in [1.29, 1.82) is 0 Å². The van der Waals surface area contributed by atoms with Crippen LogP contribution in [0.15, 0.2) is 49.1 Å². The lowest BCUT2D eigenvalue weighted by Crippen LogP contribution is -2.63. The molecule has 10 nitrogen and oxygen atoms in total. The van der Waals surface area contributed by atoms with E-state index >= 15 is 0 Å². The van der Waals surface area contributed by atoms with Crippen LogP contribution in [0.2, 0.25) is 5.02 Å². The van der Waals surface area contributed by atoms with E-state index in [0.717, 1.165) is 18.3 Å². The fourth-order valence-corrected chi connectivity index (χ4v) is 4.41. The van der Waals surface area contributed by atoms with Gasteiger partial charge in [0.05, 0.1) is 29.5 Å². The number of amides is 2. The zero-order valence-corrected chi connectivity index (χ0v) is 21.6. The van der Waals surface area contributed by atoms with Crippen LogP contribution in [-0.2, 0) is 4.79 Å². The van der Waals surface area contributed by atoms with Crippen LogP contribution in [-0.4, -0.2) is 62.8 Å². The monoisotopic (exact) mass is 546 g/mol. The minimum absolute atomic E-state index is 0.0346. The number of pyridine rings is 1. The molecule has 4 rings (SSSR count). The van der Waals surface area contributed by atoms with Gasteiger partial charge in [-0.2, -0.15) is 4.73 Å². The van der Waals surface area contributed by atoms with E-state index in [0.29, 0.717) is 30.4 Å². The van der Waals surface area contributed by atoms with Crippen LogP contribution in [0.3, 0.4) is 0 Å². The van der Waals surface area contributed by atoms with Crippen LogP contribution in [0.5, 0.6) is 11.6 Å². The minimum atomic E-state index is -0.884. The average Bonchev–Trinajstić information content (AvgIpc) is 2.85. The highest BCUT2D eigenvalue weighted by Crippen LogP contribution is 2.27. The zero-order chi connectivity index (χ0) is 27.6. The Morgan fingerprint density at radius 2 is 1.97 bits per heavy atom. The average molecular weight is 547 g/mol. The molecule has 3 aromatic rings. The third-order valence-electron chi connectivity index (χ3n) is 6.21. The first kappa shape index (κ1) is 27.1. The molecule has 3 heterocycles. The standard InChI is InChI=1S/C25H25ClF2N6O4/c1-15(23(35)31-21-11-30-22(12-29-21)38-20-5-4-16(27)10-19(20)28)32-8-9-34(25(2,3)14-32)24(36)17-6-7-33(37)13-18(17)26/h4-7,10-13,15H,8-9,14H2,1-3H3,(H,29,31,35)/t15-/m0/s1. The van der Waals surface area contributed by atoms with Crippen LogP contribution >= 0.6 is 11.6 Å². The Morgan fingerprint density at radius 1 is 1.21 bits per heavy atom.